The molecule has 1 fully saturated rings. The number of amides is 1. The van der Waals surface area contributed by atoms with Gasteiger partial charge in [-0.25, -0.2) is 9.59 Å². The van der Waals surface area contributed by atoms with E-state index in [1.165, 1.54) is 29.8 Å². The third-order valence-corrected chi connectivity index (χ3v) is 5.45. The van der Waals surface area contributed by atoms with Crippen LogP contribution < -0.4 is 0 Å². The Morgan fingerprint density at radius 2 is 2.07 bits per heavy atom. The zero-order chi connectivity index (χ0) is 20.3. The molecule has 148 valence electrons. The van der Waals surface area contributed by atoms with Crippen molar-refractivity contribution in [1.82, 2.24) is 9.88 Å². The molecule has 1 saturated heterocycles. The zero-order valence-corrected chi connectivity index (χ0v) is 16.9. The van der Waals surface area contributed by atoms with Crippen molar-refractivity contribution in [3.63, 3.8) is 0 Å². The van der Waals surface area contributed by atoms with Crippen molar-refractivity contribution < 1.29 is 23.9 Å². The van der Waals surface area contributed by atoms with E-state index < -0.39 is 11.9 Å². The number of aromatic nitrogens is 1. The molecule has 0 radical (unpaired) electrons. The molecule has 0 unspecified atom stereocenters. The predicted octanol–water partition coefficient (Wildman–Crippen LogP) is 2.92. The summed E-state index contributed by atoms with van der Waals surface area (Å²) in [6, 6.07) is 5.85. The lowest BCUT2D eigenvalue weighted by Gasteiger charge is -2.16. The van der Waals surface area contributed by atoms with Crippen LogP contribution in [0.4, 0.5) is 0 Å². The molecule has 0 bridgehead atoms. The number of aryl methyl sites for hydroxylation is 2. The molecule has 1 N–H and O–H groups in total. The number of hydrogen-bond acceptors (Lipinski definition) is 6. The van der Waals surface area contributed by atoms with Crippen molar-refractivity contribution in [2.45, 2.75) is 20.3 Å². The average molecular weight is 402 g/mol. The molecule has 7 nitrogen and oxygen atoms in total. The fourth-order valence-electron chi connectivity index (χ4n) is 3.10. The summed E-state index contributed by atoms with van der Waals surface area (Å²) in [6.07, 6.45) is 1.77. The van der Waals surface area contributed by atoms with E-state index in [1.54, 1.807) is 6.07 Å². The third kappa shape index (κ3) is 4.39. The van der Waals surface area contributed by atoms with Crippen LogP contribution in [-0.4, -0.2) is 53.7 Å². The molecular formula is C20H22N2O5S. The van der Waals surface area contributed by atoms with Crippen LogP contribution in [0.1, 0.15) is 28.0 Å². The highest BCUT2D eigenvalue weighted by Gasteiger charge is 2.27. The molecule has 0 saturated carbocycles. The predicted molar refractivity (Wildman–Crippen MR) is 107 cm³/mol. The largest absolute Gasteiger partial charge is 0.466 e. The molecule has 0 aliphatic carbocycles. The van der Waals surface area contributed by atoms with Crippen LogP contribution in [0.5, 0.6) is 0 Å². The number of carbonyl (C=O) groups excluding carboxylic acids is 3. The lowest BCUT2D eigenvalue weighted by Crippen LogP contribution is -2.27. The number of benzene rings is 1. The van der Waals surface area contributed by atoms with Gasteiger partial charge in [0.2, 0.25) is 5.91 Å². The first kappa shape index (κ1) is 20.0. The van der Waals surface area contributed by atoms with E-state index in [2.05, 4.69) is 15.8 Å². The summed E-state index contributed by atoms with van der Waals surface area (Å²) in [5, 5.41) is 1.56. The van der Waals surface area contributed by atoms with E-state index in [-0.39, 0.29) is 18.3 Å². The van der Waals surface area contributed by atoms with E-state index >= 15 is 0 Å². The first-order valence-electron chi connectivity index (χ1n) is 8.89. The fraction of sp³-hybridized carbons (Fsp3) is 0.350. The van der Waals surface area contributed by atoms with Crippen LogP contribution in [0.15, 0.2) is 29.3 Å². The minimum atomic E-state index is -0.502. The first-order chi connectivity index (χ1) is 13.4. The number of fused-ring (bicyclic) bond motifs is 1. The molecule has 2 heterocycles. The summed E-state index contributed by atoms with van der Waals surface area (Å²) >= 11 is 1.29. The summed E-state index contributed by atoms with van der Waals surface area (Å²) in [7, 11) is 1.29. The number of nitrogens with zero attached hydrogens (tertiary/aromatic N) is 1. The number of ether oxygens (including phenoxy) is 2. The van der Waals surface area contributed by atoms with Gasteiger partial charge in [0.15, 0.2) is 0 Å². The van der Waals surface area contributed by atoms with E-state index in [0.29, 0.717) is 23.7 Å². The number of aromatic amines is 1. The van der Waals surface area contributed by atoms with Crippen molar-refractivity contribution in [3.8, 4) is 0 Å². The second kappa shape index (κ2) is 8.52. The monoisotopic (exact) mass is 402 g/mol. The SMILES string of the molecule is COC(=O)/C=C1/SCC(=O)N1CCCOC(=O)c1cc2c(C)cc(C)cc2[nH]1. The Morgan fingerprint density at radius 3 is 2.82 bits per heavy atom. The van der Waals surface area contributed by atoms with Gasteiger partial charge in [-0.3, -0.25) is 4.79 Å². The van der Waals surface area contributed by atoms with E-state index in [1.807, 2.05) is 19.9 Å². The van der Waals surface area contributed by atoms with Gasteiger partial charge in [-0.15, -0.1) is 0 Å². The van der Waals surface area contributed by atoms with Gasteiger partial charge >= 0.3 is 11.9 Å². The number of H-pyrrole nitrogens is 1. The van der Waals surface area contributed by atoms with Crippen LogP contribution in [0.2, 0.25) is 0 Å². The van der Waals surface area contributed by atoms with Crippen LogP contribution in [0, 0.1) is 13.8 Å². The second-order valence-electron chi connectivity index (χ2n) is 6.56. The quantitative estimate of drug-likeness (QED) is 0.454. The Bertz CT molecular complexity index is 963. The molecule has 1 aliphatic heterocycles. The Hall–Kier alpha value is -2.74. The normalized spacial score (nSPS) is 15.5. The van der Waals surface area contributed by atoms with E-state index in [0.717, 1.165) is 22.0 Å². The van der Waals surface area contributed by atoms with Crippen LogP contribution >= 0.6 is 11.8 Å². The number of hydrogen-bond donors (Lipinski definition) is 1. The molecule has 1 aliphatic rings. The van der Waals surface area contributed by atoms with Gasteiger partial charge in [0.1, 0.15) is 5.69 Å². The van der Waals surface area contributed by atoms with Gasteiger partial charge in [-0.1, -0.05) is 17.8 Å². The third-order valence-electron chi connectivity index (χ3n) is 4.42. The molecule has 2 aromatic rings. The molecule has 3 rings (SSSR count). The average Bonchev–Trinajstić information content (AvgIpc) is 3.23. The standard InChI is InChI=1S/C20H22N2O5S/c1-12-7-13(2)14-9-16(21-15(14)8-12)20(25)27-6-4-5-22-17(23)11-28-18(22)10-19(24)26-3/h7-10,21H,4-6,11H2,1-3H3/b18-10+. The van der Waals surface area contributed by atoms with Gasteiger partial charge in [0.25, 0.3) is 0 Å². The maximum atomic E-state index is 12.3. The molecule has 28 heavy (non-hydrogen) atoms. The molecule has 1 amide bonds. The molecule has 1 aromatic heterocycles. The number of thioether (sulfide) groups is 1. The number of methoxy groups -OCH3 is 1. The summed E-state index contributed by atoms with van der Waals surface area (Å²) in [6.45, 7) is 4.55. The zero-order valence-electron chi connectivity index (χ0n) is 16.0. The van der Waals surface area contributed by atoms with Gasteiger partial charge in [0, 0.05) is 17.4 Å². The van der Waals surface area contributed by atoms with Crippen molar-refractivity contribution in [2.75, 3.05) is 26.0 Å². The highest BCUT2D eigenvalue weighted by atomic mass is 32.2. The highest BCUT2D eigenvalue weighted by molar-refractivity contribution is 8.04. The molecular weight excluding hydrogens is 380 g/mol. The highest BCUT2D eigenvalue weighted by Crippen LogP contribution is 2.29. The minimum absolute atomic E-state index is 0.0760. The molecule has 0 spiro atoms. The fourth-order valence-corrected chi connectivity index (χ4v) is 4.06. The van der Waals surface area contributed by atoms with Gasteiger partial charge in [-0.2, -0.15) is 0 Å². The smallest absolute Gasteiger partial charge is 0.354 e. The Labute approximate surface area is 167 Å². The lowest BCUT2D eigenvalue weighted by molar-refractivity contribution is -0.134. The molecule has 1 aromatic carbocycles. The van der Waals surface area contributed by atoms with E-state index in [4.69, 9.17) is 4.74 Å². The van der Waals surface area contributed by atoms with Crippen molar-refractivity contribution in [3.05, 3.63) is 46.1 Å². The van der Waals surface area contributed by atoms with Crippen molar-refractivity contribution >= 4 is 40.5 Å². The lowest BCUT2D eigenvalue weighted by atomic mass is 10.1. The Balaban J connectivity index is 1.55. The van der Waals surface area contributed by atoms with Crippen LogP contribution in [-0.2, 0) is 19.1 Å². The van der Waals surface area contributed by atoms with Gasteiger partial charge < -0.3 is 19.4 Å². The van der Waals surface area contributed by atoms with Crippen molar-refractivity contribution in [1.29, 1.82) is 0 Å². The first-order valence-corrected chi connectivity index (χ1v) is 9.87. The maximum Gasteiger partial charge on any atom is 0.354 e. The Morgan fingerprint density at radius 1 is 1.29 bits per heavy atom. The van der Waals surface area contributed by atoms with E-state index in [9.17, 15) is 14.4 Å². The van der Waals surface area contributed by atoms with Crippen LogP contribution in [0.3, 0.4) is 0 Å². The Kier molecular flexibility index (Phi) is 6.08. The van der Waals surface area contributed by atoms with Crippen LogP contribution in [0.25, 0.3) is 10.9 Å². The number of nitrogens with one attached hydrogen (secondary N) is 1. The summed E-state index contributed by atoms with van der Waals surface area (Å²) < 4.78 is 9.94. The number of rotatable bonds is 6. The number of esters is 2. The summed E-state index contributed by atoms with van der Waals surface area (Å²) in [5.74, 6) is -0.720. The summed E-state index contributed by atoms with van der Waals surface area (Å²) in [4.78, 5) is 40.3. The topological polar surface area (TPSA) is 88.7 Å². The second-order valence-corrected chi connectivity index (χ2v) is 7.55. The molecule has 0 atom stereocenters. The summed E-state index contributed by atoms with van der Waals surface area (Å²) in [5.41, 5.74) is 3.53. The van der Waals surface area contributed by atoms with Gasteiger partial charge in [0.05, 0.1) is 30.6 Å². The number of carbonyl (C=O) groups is 3. The minimum Gasteiger partial charge on any atom is -0.466 e. The molecule has 8 heteroatoms. The van der Waals surface area contributed by atoms with Gasteiger partial charge in [-0.05, 0) is 43.5 Å². The van der Waals surface area contributed by atoms with Crippen molar-refractivity contribution in [2.24, 2.45) is 0 Å². The maximum absolute atomic E-state index is 12.3.